The molecule has 0 aromatic heterocycles. The highest BCUT2D eigenvalue weighted by Crippen LogP contribution is 1.85. The van der Waals surface area contributed by atoms with E-state index in [-0.39, 0.29) is 5.78 Å². The lowest BCUT2D eigenvalue weighted by atomic mass is 10.4. The molecule has 0 fully saturated rings. The highest BCUT2D eigenvalue weighted by atomic mass is 16.5. The number of hydrogen-bond acceptors (Lipinski definition) is 2. The van der Waals surface area contributed by atoms with Gasteiger partial charge in [-0.25, -0.2) is 0 Å². The summed E-state index contributed by atoms with van der Waals surface area (Å²) >= 11 is 0. The lowest BCUT2D eigenvalue weighted by Gasteiger charge is -1.93. The van der Waals surface area contributed by atoms with Gasteiger partial charge in [0.05, 0.1) is 12.9 Å². The lowest BCUT2D eigenvalue weighted by molar-refractivity contribution is -0.112. The molecule has 0 aliphatic carbocycles. The van der Waals surface area contributed by atoms with Crippen LogP contribution in [0, 0.1) is 0 Å². The van der Waals surface area contributed by atoms with E-state index in [2.05, 4.69) is 20.1 Å². The molecule has 12 heavy (non-hydrogen) atoms. The van der Waals surface area contributed by atoms with Gasteiger partial charge in [-0.1, -0.05) is 26.5 Å². The van der Waals surface area contributed by atoms with Crippen LogP contribution in [-0.2, 0) is 9.53 Å². The van der Waals surface area contributed by atoms with E-state index in [1.165, 1.54) is 25.7 Å². The van der Waals surface area contributed by atoms with E-state index in [9.17, 15) is 4.79 Å². The summed E-state index contributed by atoms with van der Waals surface area (Å²) in [7, 11) is 0. The van der Waals surface area contributed by atoms with Gasteiger partial charge in [-0.2, -0.15) is 0 Å². The normalized spacial score (nSPS) is 7.50. The molecule has 0 bridgehead atoms. The molecule has 70 valence electrons. The maximum Gasteiger partial charge on any atom is 0.152 e. The molecule has 0 rings (SSSR count). The summed E-state index contributed by atoms with van der Waals surface area (Å²) in [5, 5.41) is 0. The van der Waals surface area contributed by atoms with Gasteiger partial charge in [0.25, 0.3) is 0 Å². The molecule has 2 heteroatoms. The second-order valence-corrected chi connectivity index (χ2v) is 2.21. The van der Waals surface area contributed by atoms with E-state index in [4.69, 9.17) is 4.74 Å². The van der Waals surface area contributed by atoms with Gasteiger partial charge in [-0.15, -0.1) is 0 Å². The average molecular weight is 170 g/mol. The Morgan fingerprint density at radius 3 is 2.25 bits per heavy atom. The Balaban J connectivity index is 0. The molecule has 0 radical (unpaired) electrons. The summed E-state index contributed by atoms with van der Waals surface area (Å²) in [6, 6.07) is 0. The van der Waals surface area contributed by atoms with E-state index in [1.807, 2.05) is 0 Å². The van der Waals surface area contributed by atoms with Crippen LogP contribution < -0.4 is 0 Å². The molecule has 0 N–H and O–H groups in total. The second-order valence-electron chi connectivity index (χ2n) is 2.21. The van der Waals surface area contributed by atoms with Crippen molar-refractivity contribution in [2.75, 3.05) is 6.61 Å². The third-order valence-electron chi connectivity index (χ3n) is 1.02. The van der Waals surface area contributed by atoms with Gasteiger partial charge in [-0.3, -0.25) is 4.79 Å². The fourth-order valence-electron chi connectivity index (χ4n) is 0.311. The van der Waals surface area contributed by atoms with Crippen LogP contribution in [0.3, 0.4) is 0 Å². The number of unbranched alkanes of at least 4 members (excludes halogenated alkanes) is 1. The summed E-state index contributed by atoms with van der Waals surface area (Å²) in [5.41, 5.74) is 0. The Morgan fingerprint density at radius 2 is 2.00 bits per heavy atom. The highest BCUT2D eigenvalue weighted by molar-refractivity contribution is 5.86. The van der Waals surface area contributed by atoms with Crippen molar-refractivity contribution in [2.45, 2.75) is 26.7 Å². The standard InChI is InChI=1S/C6H12O.C4H6O/c1-3-5-6-7-4-2;1-3-4(2)5/h4H,2-3,5-6H2,1H3;3H,1H2,2H3. The Hall–Kier alpha value is -1.05. The van der Waals surface area contributed by atoms with Gasteiger partial charge >= 0.3 is 0 Å². The van der Waals surface area contributed by atoms with Gasteiger partial charge in [0.15, 0.2) is 5.78 Å². The van der Waals surface area contributed by atoms with E-state index in [0.29, 0.717) is 0 Å². The molecule has 2 nitrogen and oxygen atoms in total. The monoisotopic (exact) mass is 170 g/mol. The smallest absolute Gasteiger partial charge is 0.152 e. The fraction of sp³-hybridized carbons (Fsp3) is 0.500. The Morgan fingerprint density at radius 1 is 1.50 bits per heavy atom. The van der Waals surface area contributed by atoms with Crippen LogP contribution in [0.25, 0.3) is 0 Å². The van der Waals surface area contributed by atoms with Gasteiger partial charge in [0.2, 0.25) is 0 Å². The molecule has 0 amide bonds. The minimum absolute atomic E-state index is 0.0185. The van der Waals surface area contributed by atoms with Crippen LogP contribution in [0.15, 0.2) is 25.5 Å². The lowest BCUT2D eigenvalue weighted by Crippen LogP contribution is -1.83. The summed E-state index contributed by atoms with van der Waals surface area (Å²) in [6.45, 7) is 11.0. The van der Waals surface area contributed by atoms with E-state index >= 15 is 0 Å². The van der Waals surface area contributed by atoms with Crippen LogP contribution in [0.4, 0.5) is 0 Å². The number of hydrogen-bond donors (Lipinski definition) is 0. The van der Waals surface area contributed by atoms with Crippen molar-refractivity contribution in [1.29, 1.82) is 0 Å². The molecule has 0 aromatic rings. The predicted octanol–water partition coefficient (Wildman–Crippen LogP) is 2.71. The second kappa shape index (κ2) is 12.6. The molecule has 0 saturated carbocycles. The van der Waals surface area contributed by atoms with E-state index in [1.54, 1.807) is 0 Å². The molecular formula is C10H18O2. The van der Waals surface area contributed by atoms with Crippen molar-refractivity contribution < 1.29 is 9.53 Å². The molecule has 0 atom stereocenters. The summed E-state index contributed by atoms with van der Waals surface area (Å²) in [5.74, 6) is 0.0185. The zero-order valence-corrected chi connectivity index (χ0v) is 8.01. The van der Waals surface area contributed by atoms with E-state index < -0.39 is 0 Å². The zero-order valence-electron chi connectivity index (χ0n) is 8.01. The highest BCUT2D eigenvalue weighted by Gasteiger charge is 1.76. The van der Waals surface area contributed by atoms with Gasteiger partial charge < -0.3 is 4.74 Å². The van der Waals surface area contributed by atoms with Crippen LogP contribution >= 0.6 is 0 Å². The quantitative estimate of drug-likeness (QED) is 0.360. The maximum atomic E-state index is 9.69. The number of ketones is 1. The first kappa shape index (κ1) is 13.5. The first-order valence-corrected chi connectivity index (χ1v) is 4.04. The number of ether oxygens (including phenoxy) is 1. The van der Waals surface area contributed by atoms with Gasteiger partial charge in [0, 0.05) is 0 Å². The minimum atomic E-state index is 0.0185. The minimum Gasteiger partial charge on any atom is -0.502 e. The fourth-order valence-corrected chi connectivity index (χ4v) is 0.311. The maximum absolute atomic E-state index is 9.69. The van der Waals surface area contributed by atoms with Crippen molar-refractivity contribution in [3.8, 4) is 0 Å². The summed E-state index contributed by atoms with van der Waals surface area (Å²) in [6.07, 6.45) is 5.08. The third-order valence-corrected chi connectivity index (χ3v) is 1.02. The number of carbonyl (C=O) groups excluding carboxylic acids is 1. The number of allylic oxidation sites excluding steroid dienone is 1. The topological polar surface area (TPSA) is 26.3 Å². The molecule has 0 aliphatic rings. The average Bonchev–Trinajstić information content (AvgIpc) is 2.07. The van der Waals surface area contributed by atoms with Crippen LogP contribution in [0.2, 0.25) is 0 Å². The number of rotatable bonds is 5. The van der Waals surface area contributed by atoms with Gasteiger partial charge in [-0.05, 0) is 19.4 Å². The van der Waals surface area contributed by atoms with Crippen molar-refractivity contribution in [3.05, 3.63) is 25.5 Å². The van der Waals surface area contributed by atoms with Crippen LogP contribution in [-0.4, -0.2) is 12.4 Å². The molecular weight excluding hydrogens is 152 g/mol. The van der Waals surface area contributed by atoms with Crippen molar-refractivity contribution in [1.82, 2.24) is 0 Å². The van der Waals surface area contributed by atoms with E-state index in [0.717, 1.165) is 13.0 Å². The SMILES string of the molecule is C=CC(C)=O.C=COCCCC. The molecule has 0 heterocycles. The summed E-state index contributed by atoms with van der Waals surface area (Å²) < 4.78 is 4.84. The molecule has 0 unspecified atom stereocenters. The molecule has 0 aliphatic heterocycles. The largest absolute Gasteiger partial charge is 0.502 e. The Kier molecular flexibility index (Phi) is 14.2. The first-order chi connectivity index (χ1) is 5.68. The van der Waals surface area contributed by atoms with Crippen molar-refractivity contribution in [2.24, 2.45) is 0 Å². The van der Waals surface area contributed by atoms with Crippen molar-refractivity contribution in [3.63, 3.8) is 0 Å². The zero-order chi connectivity index (χ0) is 9.82. The molecule has 0 spiro atoms. The Labute approximate surface area is 74.9 Å². The number of carbonyl (C=O) groups is 1. The first-order valence-electron chi connectivity index (χ1n) is 4.04. The Bertz CT molecular complexity index is 128. The molecule has 0 saturated heterocycles. The summed E-state index contributed by atoms with van der Waals surface area (Å²) in [4.78, 5) is 9.69. The predicted molar refractivity (Wildman–Crippen MR) is 51.9 cm³/mol. The molecule has 0 aromatic carbocycles. The van der Waals surface area contributed by atoms with Crippen LogP contribution in [0.1, 0.15) is 26.7 Å². The third kappa shape index (κ3) is 23.1. The van der Waals surface area contributed by atoms with Gasteiger partial charge in [0.1, 0.15) is 0 Å². The van der Waals surface area contributed by atoms with Crippen LogP contribution in [0.5, 0.6) is 0 Å². The van der Waals surface area contributed by atoms with Crippen molar-refractivity contribution >= 4 is 5.78 Å².